The molecule has 0 atom stereocenters. The third-order valence-corrected chi connectivity index (χ3v) is 3.71. The van der Waals surface area contributed by atoms with Crippen LogP contribution in [0.25, 0.3) is 0 Å². The van der Waals surface area contributed by atoms with Gasteiger partial charge in [0.1, 0.15) is 0 Å². The van der Waals surface area contributed by atoms with Crippen molar-refractivity contribution in [1.29, 1.82) is 0 Å². The van der Waals surface area contributed by atoms with Gasteiger partial charge in [0, 0.05) is 6.54 Å². The Kier molecular flexibility index (Phi) is 3.55. The maximum absolute atomic E-state index is 11.3. The van der Waals surface area contributed by atoms with Crippen molar-refractivity contribution in [2.45, 2.75) is 11.3 Å². The van der Waals surface area contributed by atoms with Crippen LogP contribution < -0.4 is 10.5 Å². The Labute approximate surface area is 114 Å². The van der Waals surface area contributed by atoms with Gasteiger partial charge in [-0.15, -0.1) is 0 Å². The number of urea groups is 1. The Morgan fingerprint density at radius 1 is 1.10 bits per heavy atom. The quantitative estimate of drug-likeness (QED) is 0.542. The molecule has 0 saturated carbocycles. The molecule has 0 bridgehead atoms. The van der Waals surface area contributed by atoms with Gasteiger partial charge in [-0.2, -0.15) is 0 Å². The zero-order valence-corrected chi connectivity index (χ0v) is 11.0. The lowest BCUT2D eigenvalue weighted by molar-refractivity contribution is -0.140. The van der Waals surface area contributed by atoms with Gasteiger partial charge in [-0.3, -0.25) is 19.8 Å². The zero-order valence-electron chi connectivity index (χ0n) is 10.2. The summed E-state index contributed by atoms with van der Waals surface area (Å²) in [5.41, 5.74) is 0.706. The summed E-state index contributed by atoms with van der Waals surface area (Å²) in [5, 5.41) is 6.85. The van der Waals surface area contributed by atoms with Gasteiger partial charge >= 0.3 is 17.8 Å². The molecule has 0 aromatic heterocycles. The van der Waals surface area contributed by atoms with Crippen molar-refractivity contribution in [2.24, 2.45) is 5.14 Å². The lowest BCUT2D eigenvalue weighted by atomic mass is 10.1. The van der Waals surface area contributed by atoms with Crippen LogP contribution in [0.4, 0.5) is 4.79 Å². The molecule has 0 unspecified atom stereocenters. The average molecular weight is 297 g/mol. The van der Waals surface area contributed by atoms with Gasteiger partial charge in [0.05, 0.1) is 4.90 Å². The van der Waals surface area contributed by atoms with Crippen molar-refractivity contribution in [3.63, 3.8) is 0 Å². The number of hydrogen-bond donors (Lipinski definition) is 2. The van der Waals surface area contributed by atoms with Crippen LogP contribution in [0, 0.1) is 0 Å². The Morgan fingerprint density at radius 2 is 1.70 bits per heavy atom. The summed E-state index contributed by atoms with van der Waals surface area (Å²) in [5.74, 6) is -1.84. The summed E-state index contributed by atoms with van der Waals surface area (Å²) >= 11 is 0. The second-order valence-corrected chi connectivity index (χ2v) is 5.72. The SMILES string of the molecule is NS(=O)(=O)c1ccc(CCN2C(=O)NC(=O)C2=O)cc1. The molecule has 1 aromatic rings. The molecule has 1 heterocycles. The molecule has 20 heavy (non-hydrogen) atoms. The minimum absolute atomic E-state index is 0.0218. The first-order chi connectivity index (χ1) is 9.29. The number of nitrogens with two attached hydrogens (primary N) is 1. The minimum atomic E-state index is -3.75. The van der Waals surface area contributed by atoms with Crippen LogP contribution in [-0.2, 0) is 26.0 Å². The van der Waals surface area contributed by atoms with E-state index in [4.69, 9.17) is 5.14 Å². The average Bonchev–Trinajstić information content (AvgIpc) is 2.61. The topological polar surface area (TPSA) is 127 Å². The zero-order chi connectivity index (χ0) is 14.9. The van der Waals surface area contributed by atoms with Crippen molar-refractivity contribution in [2.75, 3.05) is 6.54 Å². The Bertz CT molecular complexity index is 681. The van der Waals surface area contributed by atoms with Crippen LogP contribution in [0.2, 0.25) is 0 Å². The summed E-state index contributed by atoms with van der Waals surface area (Å²) in [7, 11) is -3.75. The Balaban J connectivity index is 2.03. The number of imide groups is 2. The number of benzene rings is 1. The minimum Gasteiger partial charge on any atom is -0.269 e. The Morgan fingerprint density at radius 3 is 2.15 bits per heavy atom. The highest BCUT2D eigenvalue weighted by Crippen LogP contribution is 2.10. The molecule has 1 aliphatic rings. The number of carbonyl (C=O) groups excluding carboxylic acids is 3. The van der Waals surface area contributed by atoms with E-state index in [0.717, 1.165) is 4.90 Å². The first-order valence-electron chi connectivity index (χ1n) is 5.57. The molecule has 106 valence electrons. The maximum atomic E-state index is 11.3. The van der Waals surface area contributed by atoms with Crippen LogP contribution in [0.15, 0.2) is 29.2 Å². The maximum Gasteiger partial charge on any atom is 0.331 e. The Hall–Kier alpha value is -2.26. The lowest BCUT2D eigenvalue weighted by Gasteiger charge is -2.11. The van der Waals surface area contributed by atoms with Gasteiger partial charge in [-0.25, -0.2) is 18.4 Å². The van der Waals surface area contributed by atoms with Gasteiger partial charge in [0.15, 0.2) is 0 Å². The van der Waals surface area contributed by atoms with E-state index in [-0.39, 0.29) is 11.4 Å². The van der Waals surface area contributed by atoms with Crippen molar-refractivity contribution in [3.8, 4) is 0 Å². The molecule has 1 saturated heterocycles. The van der Waals surface area contributed by atoms with Gasteiger partial charge in [-0.1, -0.05) is 12.1 Å². The highest BCUT2D eigenvalue weighted by molar-refractivity contribution is 7.89. The fourth-order valence-electron chi connectivity index (χ4n) is 1.72. The standard InChI is InChI=1S/C11H11N3O5S/c12-20(18,19)8-3-1-7(2-4-8)5-6-14-10(16)9(15)13-11(14)17/h1-4H,5-6H2,(H2,12,18,19)(H,13,15,17). The molecular formula is C11H11N3O5S. The first-order valence-corrected chi connectivity index (χ1v) is 7.12. The third kappa shape index (κ3) is 2.83. The predicted molar refractivity (Wildman–Crippen MR) is 66.8 cm³/mol. The van der Waals surface area contributed by atoms with Crippen molar-refractivity contribution in [1.82, 2.24) is 10.2 Å². The first kappa shape index (κ1) is 14.2. The van der Waals surface area contributed by atoms with Gasteiger partial charge in [0.2, 0.25) is 10.0 Å². The largest absolute Gasteiger partial charge is 0.331 e. The molecule has 0 radical (unpaired) electrons. The van der Waals surface area contributed by atoms with E-state index in [1.165, 1.54) is 24.3 Å². The molecule has 0 aliphatic carbocycles. The monoisotopic (exact) mass is 297 g/mol. The van der Waals surface area contributed by atoms with Crippen molar-refractivity contribution in [3.05, 3.63) is 29.8 Å². The van der Waals surface area contributed by atoms with Gasteiger partial charge < -0.3 is 0 Å². The van der Waals surface area contributed by atoms with E-state index in [0.29, 0.717) is 12.0 Å². The highest BCUT2D eigenvalue weighted by Gasteiger charge is 2.36. The number of primary sulfonamides is 1. The third-order valence-electron chi connectivity index (χ3n) is 2.78. The summed E-state index contributed by atoms with van der Waals surface area (Å²) in [6, 6.07) is 4.98. The molecule has 0 spiro atoms. The van der Waals surface area contributed by atoms with E-state index in [2.05, 4.69) is 0 Å². The number of amides is 4. The van der Waals surface area contributed by atoms with Crippen LogP contribution in [-0.4, -0.2) is 37.7 Å². The highest BCUT2D eigenvalue weighted by atomic mass is 32.2. The molecule has 9 heteroatoms. The lowest BCUT2D eigenvalue weighted by Crippen LogP contribution is -2.32. The predicted octanol–water partition coefficient (Wildman–Crippen LogP) is -1.05. The van der Waals surface area contributed by atoms with Crippen LogP contribution >= 0.6 is 0 Å². The summed E-state index contributed by atoms with van der Waals surface area (Å²) in [6.45, 7) is 0.0329. The molecule has 2 rings (SSSR count). The van der Waals surface area contributed by atoms with E-state index < -0.39 is 27.9 Å². The molecule has 1 aliphatic heterocycles. The van der Waals surface area contributed by atoms with Crippen LogP contribution in [0.3, 0.4) is 0 Å². The van der Waals surface area contributed by atoms with Crippen LogP contribution in [0.5, 0.6) is 0 Å². The van der Waals surface area contributed by atoms with E-state index in [1.54, 1.807) is 0 Å². The summed E-state index contributed by atoms with van der Waals surface area (Å²) < 4.78 is 22.1. The van der Waals surface area contributed by atoms with Crippen molar-refractivity contribution >= 4 is 27.9 Å². The second-order valence-electron chi connectivity index (χ2n) is 4.16. The molecule has 1 aromatic carbocycles. The number of hydrogen-bond acceptors (Lipinski definition) is 5. The number of carbonyl (C=O) groups is 3. The normalized spacial score (nSPS) is 15.7. The second kappa shape index (κ2) is 5.02. The number of rotatable bonds is 4. The molecular weight excluding hydrogens is 286 g/mol. The van der Waals surface area contributed by atoms with Crippen LogP contribution in [0.1, 0.15) is 5.56 Å². The van der Waals surface area contributed by atoms with Gasteiger partial charge in [-0.05, 0) is 24.1 Å². The number of nitrogens with zero attached hydrogens (tertiary/aromatic N) is 1. The fraction of sp³-hybridized carbons (Fsp3) is 0.182. The summed E-state index contributed by atoms with van der Waals surface area (Å²) in [6.07, 6.45) is 0.303. The van der Waals surface area contributed by atoms with E-state index >= 15 is 0 Å². The number of sulfonamides is 1. The van der Waals surface area contributed by atoms with E-state index in [9.17, 15) is 22.8 Å². The molecule has 8 nitrogen and oxygen atoms in total. The van der Waals surface area contributed by atoms with Gasteiger partial charge in [0.25, 0.3) is 0 Å². The fourth-order valence-corrected chi connectivity index (χ4v) is 2.24. The smallest absolute Gasteiger partial charge is 0.269 e. The molecule has 1 fully saturated rings. The number of nitrogens with one attached hydrogen (secondary N) is 1. The van der Waals surface area contributed by atoms with E-state index in [1.807, 2.05) is 5.32 Å². The molecule has 3 N–H and O–H groups in total. The molecule has 4 amide bonds. The van der Waals surface area contributed by atoms with Crippen molar-refractivity contribution < 1.29 is 22.8 Å². The summed E-state index contributed by atoms with van der Waals surface area (Å²) in [4.78, 5) is 34.3.